The number of hydrogen-bond acceptors (Lipinski definition) is 8. The minimum Gasteiger partial charge on any atom is -0.368 e. The lowest BCUT2D eigenvalue weighted by Crippen LogP contribution is -2.43. The Morgan fingerprint density at radius 3 is 2.70 bits per heavy atom. The van der Waals surface area contributed by atoms with Gasteiger partial charge >= 0.3 is 0 Å². The number of thiazole rings is 1. The van der Waals surface area contributed by atoms with Crippen molar-refractivity contribution in [3.63, 3.8) is 0 Å². The number of fused-ring (bicyclic) bond motifs is 1. The lowest BCUT2D eigenvalue weighted by molar-refractivity contribution is 0.589. The molecule has 0 bridgehead atoms. The van der Waals surface area contributed by atoms with Crippen LogP contribution in [-0.4, -0.2) is 53.0 Å². The molecule has 10 heteroatoms. The summed E-state index contributed by atoms with van der Waals surface area (Å²) in [7, 11) is 1.93. The number of nitriles is 1. The zero-order valence-corrected chi connectivity index (χ0v) is 19.2. The fourth-order valence-electron chi connectivity index (χ4n) is 4.08. The lowest BCUT2D eigenvalue weighted by atomic mass is 10.1. The van der Waals surface area contributed by atoms with E-state index < -0.39 is 0 Å². The molecule has 0 amide bonds. The number of anilines is 3. The Bertz CT molecular complexity index is 1330. The monoisotopic (exact) mass is 462 g/mol. The maximum atomic E-state index is 13.4. The smallest absolute Gasteiger partial charge is 0.192 e. The van der Waals surface area contributed by atoms with Gasteiger partial charge in [-0.25, -0.2) is 19.0 Å². The fourth-order valence-corrected chi connectivity index (χ4v) is 4.93. The predicted molar refractivity (Wildman–Crippen MR) is 129 cm³/mol. The van der Waals surface area contributed by atoms with Gasteiger partial charge in [0.15, 0.2) is 10.8 Å². The predicted octanol–water partition coefficient (Wildman–Crippen LogP) is 3.76. The second-order valence-corrected chi connectivity index (χ2v) is 8.77. The Kier molecular flexibility index (Phi) is 5.66. The highest BCUT2D eigenvalue weighted by atomic mass is 32.1. The number of piperazine rings is 1. The quantitative estimate of drug-likeness (QED) is 0.483. The summed E-state index contributed by atoms with van der Waals surface area (Å²) in [5, 5.41) is 19.4. The molecule has 168 valence electrons. The maximum Gasteiger partial charge on any atom is 0.192 e. The van der Waals surface area contributed by atoms with Crippen LogP contribution in [0.25, 0.3) is 22.3 Å². The van der Waals surface area contributed by atoms with Gasteiger partial charge in [0.2, 0.25) is 0 Å². The van der Waals surface area contributed by atoms with Crippen LogP contribution >= 0.6 is 11.3 Å². The van der Waals surface area contributed by atoms with E-state index in [1.807, 2.05) is 29.7 Å². The number of nitrogens with one attached hydrogen (secondary N) is 1. The topological polar surface area (TPSA) is 85.9 Å². The van der Waals surface area contributed by atoms with E-state index in [-0.39, 0.29) is 5.82 Å². The van der Waals surface area contributed by atoms with Gasteiger partial charge in [0.25, 0.3) is 0 Å². The highest BCUT2D eigenvalue weighted by Gasteiger charge is 2.23. The molecule has 8 nitrogen and oxygen atoms in total. The summed E-state index contributed by atoms with van der Waals surface area (Å²) >= 11 is 1.30. The second kappa shape index (κ2) is 8.77. The summed E-state index contributed by atoms with van der Waals surface area (Å²) in [4.78, 5) is 14.1. The van der Waals surface area contributed by atoms with Gasteiger partial charge < -0.3 is 15.1 Å². The van der Waals surface area contributed by atoms with Gasteiger partial charge in [-0.15, -0.1) is 0 Å². The van der Waals surface area contributed by atoms with Crippen LogP contribution in [0.1, 0.15) is 11.8 Å². The minimum absolute atomic E-state index is 0.323. The number of aromatic nitrogens is 4. The maximum absolute atomic E-state index is 13.4. The average molecular weight is 463 g/mol. The molecular formula is C23H23FN8S. The van der Waals surface area contributed by atoms with E-state index in [2.05, 4.69) is 32.4 Å². The van der Waals surface area contributed by atoms with Crippen LogP contribution in [0.15, 0.2) is 36.5 Å². The van der Waals surface area contributed by atoms with Gasteiger partial charge in [0.1, 0.15) is 28.3 Å². The summed E-state index contributed by atoms with van der Waals surface area (Å²) in [6.07, 6.45) is 1.88. The molecule has 4 aromatic rings. The van der Waals surface area contributed by atoms with Crippen LogP contribution in [0.4, 0.5) is 21.0 Å². The Morgan fingerprint density at radius 2 is 2.00 bits per heavy atom. The first-order valence-corrected chi connectivity index (χ1v) is 11.6. The normalized spacial score (nSPS) is 13.9. The summed E-state index contributed by atoms with van der Waals surface area (Å²) < 4.78 is 15.3. The van der Waals surface area contributed by atoms with Gasteiger partial charge in [-0.05, 0) is 37.3 Å². The lowest BCUT2D eigenvalue weighted by Gasteiger charge is -2.29. The average Bonchev–Trinajstić information content (AvgIpc) is 3.46. The number of pyridine rings is 1. The standard InChI is InChI=1S/C23H23FN8S/c1-3-32-22(18-12-17(14-27-21(18)29-32)31-10-8-26-9-11-31)30(2)23-28-20(19(13-25)33-23)15-4-6-16(24)7-5-15/h4-7,12,14,26H,3,8-11H2,1-2H3. The zero-order valence-electron chi connectivity index (χ0n) is 18.4. The van der Waals surface area contributed by atoms with Gasteiger partial charge in [-0.3, -0.25) is 0 Å². The van der Waals surface area contributed by atoms with Crippen molar-refractivity contribution in [1.82, 2.24) is 25.1 Å². The fraction of sp³-hybridized carbons (Fsp3) is 0.304. The molecular weight excluding hydrogens is 439 g/mol. The van der Waals surface area contributed by atoms with Crippen LogP contribution < -0.4 is 15.1 Å². The third-order valence-electron chi connectivity index (χ3n) is 5.77. The molecule has 1 aliphatic heterocycles. The van der Waals surface area contributed by atoms with E-state index in [1.54, 1.807) is 12.1 Å². The van der Waals surface area contributed by atoms with E-state index >= 15 is 0 Å². The van der Waals surface area contributed by atoms with Crippen molar-refractivity contribution < 1.29 is 4.39 Å². The first kappa shape index (κ1) is 21.3. The molecule has 0 spiro atoms. The number of rotatable bonds is 5. The van der Waals surface area contributed by atoms with E-state index in [0.29, 0.717) is 33.5 Å². The molecule has 1 aromatic carbocycles. The Labute approximate surface area is 194 Å². The number of nitrogens with zero attached hydrogens (tertiary/aromatic N) is 7. The molecule has 0 radical (unpaired) electrons. The van der Waals surface area contributed by atoms with Crippen LogP contribution in [0.3, 0.4) is 0 Å². The number of halogens is 1. The highest BCUT2D eigenvalue weighted by molar-refractivity contribution is 7.16. The molecule has 5 rings (SSSR count). The molecule has 4 heterocycles. The van der Waals surface area contributed by atoms with Crippen LogP contribution in [-0.2, 0) is 6.54 Å². The second-order valence-electron chi connectivity index (χ2n) is 7.79. The number of hydrogen-bond donors (Lipinski definition) is 1. The molecule has 0 aliphatic carbocycles. The third-order valence-corrected chi connectivity index (χ3v) is 6.81. The van der Waals surface area contributed by atoms with Crippen molar-refractivity contribution >= 4 is 39.0 Å². The number of aryl methyl sites for hydroxylation is 1. The Balaban J connectivity index is 1.58. The van der Waals surface area contributed by atoms with Crippen molar-refractivity contribution in [1.29, 1.82) is 5.26 Å². The van der Waals surface area contributed by atoms with Crippen molar-refractivity contribution in [3.8, 4) is 17.3 Å². The summed E-state index contributed by atoms with van der Waals surface area (Å²) in [5.41, 5.74) is 3.00. The third kappa shape index (κ3) is 3.90. The van der Waals surface area contributed by atoms with E-state index in [9.17, 15) is 9.65 Å². The summed E-state index contributed by atoms with van der Waals surface area (Å²) in [6.45, 7) is 6.45. The molecule has 0 unspecified atom stereocenters. The van der Waals surface area contributed by atoms with Gasteiger partial charge in [0.05, 0.1) is 17.3 Å². The van der Waals surface area contributed by atoms with E-state index in [1.165, 1.54) is 23.5 Å². The Morgan fingerprint density at radius 1 is 1.24 bits per heavy atom. The highest BCUT2D eigenvalue weighted by Crippen LogP contribution is 2.38. The van der Waals surface area contributed by atoms with E-state index in [0.717, 1.165) is 43.1 Å². The molecule has 3 aromatic heterocycles. The zero-order chi connectivity index (χ0) is 22.9. The van der Waals surface area contributed by atoms with Crippen LogP contribution in [0, 0.1) is 17.1 Å². The van der Waals surface area contributed by atoms with Gasteiger partial charge in [-0.1, -0.05) is 11.3 Å². The molecule has 0 saturated carbocycles. The SMILES string of the molecule is CCn1nc2ncc(N3CCNCC3)cc2c1N(C)c1nc(-c2ccc(F)cc2)c(C#N)s1. The van der Waals surface area contributed by atoms with Crippen molar-refractivity contribution in [2.24, 2.45) is 0 Å². The molecule has 1 N–H and O–H groups in total. The number of benzene rings is 1. The molecule has 1 aliphatic rings. The van der Waals surface area contributed by atoms with Crippen LogP contribution in [0.2, 0.25) is 0 Å². The minimum atomic E-state index is -0.323. The van der Waals surface area contributed by atoms with Crippen molar-refractivity contribution in [3.05, 3.63) is 47.2 Å². The summed E-state index contributed by atoms with van der Waals surface area (Å²) in [5.74, 6) is 0.553. The molecule has 1 fully saturated rings. The van der Waals surface area contributed by atoms with Crippen molar-refractivity contribution in [2.45, 2.75) is 13.5 Å². The molecule has 1 saturated heterocycles. The van der Waals surface area contributed by atoms with E-state index in [4.69, 9.17) is 4.98 Å². The molecule has 33 heavy (non-hydrogen) atoms. The summed E-state index contributed by atoms with van der Waals surface area (Å²) in [6, 6.07) is 10.4. The first-order chi connectivity index (χ1) is 16.1. The largest absolute Gasteiger partial charge is 0.368 e. The van der Waals surface area contributed by atoms with Crippen LogP contribution in [0.5, 0.6) is 0 Å². The van der Waals surface area contributed by atoms with Crippen molar-refractivity contribution in [2.75, 3.05) is 43.0 Å². The Hall–Kier alpha value is -3.55. The van der Waals surface area contributed by atoms with Gasteiger partial charge in [-0.2, -0.15) is 10.4 Å². The molecule has 0 atom stereocenters. The van der Waals surface area contributed by atoms with Gasteiger partial charge in [0, 0.05) is 45.3 Å². The first-order valence-electron chi connectivity index (χ1n) is 10.8.